The van der Waals surface area contributed by atoms with Gasteiger partial charge in [0.05, 0.1) is 11.6 Å². The molecule has 3 heterocycles. The van der Waals surface area contributed by atoms with Gasteiger partial charge in [-0.25, -0.2) is 0 Å². The number of ketones is 1. The number of aliphatic hydroxyl groups is 1. The number of aliphatic hydroxyl groups excluding tert-OH is 1. The van der Waals surface area contributed by atoms with E-state index in [2.05, 4.69) is 9.97 Å². The number of nitrogens with zero attached hydrogens (tertiary/aromatic N) is 3. The molecule has 1 aromatic carbocycles. The second-order valence-electron chi connectivity index (χ2n) is 7.15. The zero-order valence-electron chi connectivity index (χ0n) is 16.3. The van der Waals surface area contributed by atoms with Gasteiger partial charge in [0.2, 0.25) is 0 Å². The van der Waals surface area contributed by atoms with Crippen molar-refractivity contribution < 1.29 is 14.7 Å². The van der Waals surface area contributed by atoms with Crippen LogP contribution in [0.25, 0.3) is 0 Å². The molecule has 0 bridgehead atoms. The summed E-state index contributed by atoms with van der Waals surface area (Å²) in [5.74, 6) is -1.28. The highest BCUT2D eigenvalue weighted by molar-refractivity contribution is 6.08. The van der Waals surface area contributed by atoms with Gasteiger partial charge in [-0.3, -0.25) is 19.6 Å². The molecule has 1 atom stereocenters. The Bertz CT molecular complexity index is 1070. The standard InChI is InChI=1S/C24H21N3O3/c28-20(11-10-17-6-2-1-3-7-17)21-22(19-9-5-13-26-15-19)27(24(30)23(21)29)16-18-8-4-12-25-14-18/h1-9,12-15,22,29H,10-11,16H2. The maximum Gasteiger partial charge on any atom is 0.290 e. The zero-order chi connectivity index (χ0) is 20.9. The molecule has 30 heavy (non-hydrogen) atoms. The van der Waals surface area contributed by atoms with Crippen molar-refractivity contribution in [2.24, 2.45) is 0 Å². The van der Waals surface area contributed by atoms with Crippen molar-refractivity contribution >= 4 is 11.7 Å². The first-order valence-electron chi connectivity index (χ1n) is 9.75. The van der Waals surface area contributed by atoms with Gasteiger partial charge in [0.25, 0.3) is 5.91 Å². The Labute approximate surface area is 174 Å². The number of carbonyl (C=O) groups is 2. The maximum absolute atomic E-state index is 13.1. The molecular formula is C24H21N3O3. The number of hydrogen-bond acceptors (Lipinski definition) is 5. The Morgan fingerprint density at radius 1 is 0.933 bits per heavy atom. The van der Waals surface area contributed by atoms with E-state index in [0.717, 1.165) is 11.1 Å². The average Bonchev–Trinajstić information content (AvgIpc) is 3.04. The third kappa shape index (κ3) is 3.98. The lowest BCUT2D eigenvalue weighted by Crippen LogP contribution is -2.30. The summed E-state index contributed by atoms with van der Waals surface area (Å²) >= 11 is 0. The monoisotopic (exact) mass is 399 g/mol. The van der Waals surface area contributed by atoms with Crippen molar-refractivity contribution in [3.05, 3.63) is 107 Å². The lowest BCUT2D eigenvalue weighted by atomic mass is 9.94. The normalized spacial score (nSPS) is 16.2. The van der Waals surface area contributed by atoms with Crippen LogP contribution in [-0.4, -0.2) is 31.7 Å². The Kier molecular flexibility index (Phi) is 5.66. The molecule has 2 aromatic heterocycles. The molecule has 1 unspecified atom stereocenters. The van der Waals surface area contributed by atoms with E-state index < -0.39 is 17.7 Å². The predicted molar refractivity (Wildman–Crippen MR) is 111 cm³/mol. The number of carbonyl (C=O) groups excluding carboxylic acids is 2. The van der Waals surface area contributed by atoms with E-state index >= 15 is 0 Å². The molecule has 0 saturated carbocycles. The quantitative estimate of drug-likeness (QED) is 0.657. The van der Waals surface area contributed by atoms with Gasteiger partial charge in [0.1, 0.15) is 0 Å². The first kappa shape index (κ1) is 19.5. The fraction of sp³-hybridized carbons (Fsp3) is 0.167. The van der Waals surface area contributed by atoms with Crippen LogP contribution in [0.3, 0.4) is 0 Å². The second kappa shape index (κ2) is 8.69. The van der Waals surface area contributed by atoms with Crippen LogP contribution in [0.5, 0.6) is 0 Å². The minimum atomic E-state index is -0.685. The number of pyridine rings is 2. The highest BCUT2D eigenvalue weighted by atomic mass is 16.3. The summed E-state index contributed by atoms with van der Waals surface area (Å²) < 4.78 is 0. The summed E-state index contributed by atoms with van der Waals surface area (Å²) in [5, 5.41) is 10.6. The van der Waals surface area contributed by atoms with Crippen molar-refractivity contribution in [3.8, 4) is 0 Å². The molecule has 0 fully saturated rings. The molecule has 0 spiro atoms. The molecule has 6 heteroatoms. The van der Waals surface area contributed by atoms with Gasteiger partial charge in [0, 0.05) is 37.8 Å². The SMILES string of the molecule is O=C(CCc1ccccc1)C1=C(O)C(=O)N(Cc2cccnc2)C1c1cccnc1. The number of aromatic nitrogens is 2. The fourth-order valence-corrected chi connectivity index (χ4v) is 3.71. The maximum atomic E-state index is 13.1. The number of benzene rings is 1. The molecule has 1 amide bonds. The van der Waals surface area contributed by atoms with Crippen molar-refractivity contribution in [2.45, 2.75) is 25.4 Å². The van der Waals surface area contributed by atoms with Gasteiger partial charge >= 0.3 is 0 Å². The zero-order valence-corrected chi connectivity index (χ0v) is 16.3. The Morgan fingerprint density at radius 3 is 2.30 bits per heavy atom. The van der Waals surface area contributed by atoms with Gasteiger partial charge in [-0.15, -0.1) is 0 Å². The highest BCUT2D eigenvalue weighted by Crippen LogP contribution is 2.39. The van der Waals surface area contributed by atoms with E-state index in [1.807, 2.05) is 42.5 Å². The first-order chi connectivity index (χ1) is 14.6. The second-order valence-corrected chi connectivity index (χ2v) is 7.15. The van der Waals surface area contributed by atoms with E-state index in [1.165, 1.54) is 4.90 Å². The first-order valence-corrected chi connectivity index (χ1v) is 9.75. The predicted octanol–water partition coefficient (Wildman–Crippen LogP) is 3.57. The van der Waals surface area contributed by atoms with Crippen LogP contribution in [-0.2, 0) is 22.6 Å². The molecule has 0 saturated heterocycles. The lowest BCUT2D eigenvalue weighted by molar-refractivity contribution is -0.130. The number of aryl methyl sites for hydroxylation is 1. The third-order valence-electron chi connectivity index (χ3n) is 5.16. The smallest absolute Gasteiger partial charge is 0.290 e. The lowest BCUT2D eigenvalue weighted by Gasteiger charge is -2.26. The van der Waals surface area contributed by atoms with E-state index in [0.29, 0.717) is 12.0 Å². The molecule has 0 radical (unpaired) electrons. The van der Waals surface area contributed by atoms with Crippen molar-refractivity contribution in [1.29, 1.82) is 0 Å². The molecule has 3 aromatic rings. The molecule has 6 nitrogen and oxygen atoms in total. The number of hydrogen-bond donors (Lipinski definition) is 1. The van der Waals surface area contributed by atoms with E-state index in [-0.39, 0.29) is 24.3 Å². The Balaban J connectivity index is 1.64. The van der Waals surface area contributed by atoms with Gasteiger partial charge in [-0.2, -0.15) is 0 Å². The van der Waals surface area contributed by atoms with E-state index in [9.17, 15) is 14.7 Å². The topological polar surface area (TPSA) is 83.4 Å². The molecule has 150 valence electrons. The fourth-order valence-electron chi connectivity index (χ4n) is 3.71. The minimum absolute atomic E-state index is 0.132. The molecule has 4 rings (SSSR count). The van der Waals surface area contributed by atoms with Crippen LogP contribution in [0.15, 0.2) is 90.7 Å². The van der Waals surface area contributed by atoms with Gasteiger partial charge < -0.3 is 10.0 Å². The Morgan fingerprint density at radius 2 is 1.63 bits per heavy atom. The minimum Gasteiger partial charge on any atom is -0.503 e. The summed E-state index contributed by atoms with van der Waals surface area (Å²) in [4.78, 5) is 35.8. The van der Waals surface area contributed by atoms with E-state index in [4.69, 9.17) is 0 Å². The van der Waals surface area contributed by atoms with Crippen molar-refractivity contribution in [1.82, 2.24) is 14.9 Å². The number of amides is 1. The molecular weight excluding hydrogens is 378 g/mol. The van der Waals surface area contributed by atoms with Gasteiger partial charge in [-0.1, -0.05) is 42.5 Å². The van der Waals surface area contributed by atoms with Crippen LogP contribution in [0.4, 0.5) is 0 Å². The molecule has 1 N–H and O–H groups in total. The van der Waals surface area contributed by atoms with Crippen LogP contribution < -0.4 is 0 Å². The largest absolute Gasteiger partial charge is 0.503 e. The third-order valence-corrected chi connectivity index (χ3v) is 5.16. The highest BCUT2D eigenvalue weighted by Gasteiger charge is 2.43. The summed E-state index contributed by atoms with van der Waals surface area (Å²) in [5.41, 5.74) is 2.65. The van der Waals surface area contributed by atoms with Gasteiger partial charge in [-0.05, 0) is 35.2 Å². The van der Waals surface area contributed by atoms with Crippen molar-refractivity contribution in [2.75, 3.05) is 0 Å². The average molecular weight is 399 g/mol. The van der Waals surface area contributed by atoms with Crippen LogP contribution in [0, 0.1) is 0 Å². The number of Topliss-reactive ketones (excluding diaryl/α,β-unsaturated/α-hetero) is 1. The summed E-state index contributed by atoms with van der Waals surface area (Å²) in [6, 6.07) is 16.2. The molecule has 0 aliphatic carbocycles. The molecule has 1 aliphatic heterocycles. The Hall–Kier alpha value is -3.80. The molecule has 1 aliphatic rings. The van der Waals surface area contributed by atoms with Crippen molar-refractivity contribution in [3.63, 3.8) is 0 Å². The van der Waals surface area contributed by atoms with Gasteiger partial charge in [0.15, 0.2) is 11.5 Å². The van der Waals surface area contributed by atoms with Crippen LogP contribution >= 0.6 is 0 Å². The van der Waals surface area contributed by atoms with Crippen LogP contribution in [0.1, 0.15) is 29.2 Å². The summed E-state index contributed by atoms with van der Waals surface area (Å²) in [6.07, 6.45) is 7.31. The number of rotatable bonds is 7. The summed E-state index contributed by atoms with van der Waals surface area (Å²) in [7, 11) is 0. The summed E-state index contributed by atoms with van der Waals surface area (Å²) in [6.45, 7) is 0.228. The van der Waals surface area contributed by atoms with E-state index in [1.54, 1.807) is 36.9 Å². The van der Waals surface area contributed by atoms with Crippen LogP contribution in [0.2, 0.25) is 0 Å².